The molecule has 1 aliphatic heterocycles. The summed E-state index contributed by atoms with van der Waals surface area (Å²) >= 11 is 0. The molecule has 0 bridgehead atoms. The SMILES string of the molecule is CN(C)c1ccc([C@H](CNC(=O)C(=O)NC2CCCC2)[NH+]2CCCC2)cc1. The van der Waals surface area contributed by atoms with Crippen molar-refractivity contribution in [3.63, 3.8) is 0 Å². The lowest BCUT2D eigenvalue weighted by atomic mass is 10.0. The van der Waals surface area contributed by atoms with E-state index in [1.165, 1.54) is 23.3 Å². The van der Waals surface area contributed by atoms with E-state index in [1.54, 1.807) is 0 Å². The summed E-state index contributed by atoms with van der Waals surface area (Å²) in [5.74, 6) is -0.990. The number of benzene rings is 1. The summed E-state index contributed by atoms with van der Waals surface area (Å²) in [4.78, 5) is 28.0. The van der Waals surface area contributed by atoms with Gasteiger partial charge in [-0.15, -0.1) is 0 Å². The molecule has 1 aromatic carbocycles. The smallest absolute Gasteiger partial charge is 0.309 e. The fourth-order valence-corrected chi connectivity index (χ4v) is 4.28. The molecule has 0 aromatic heterocycles. The van der Waals surface area contributed by atoms with E-state index < -0.39 is 11.8 Å². The van der Waals surface area contributed by atoms with Crippen LogP contribution in [-0.2, 0) is 9.59 Å². The summed E-state index contributed by atoms with van der Waals surface area (Å²) < 4.78 is 0. The fraction of sp³-hybridized carbons (Fsp3) is 0.619. The molecule has 0 unspecified atom stereocenters. The van der Waals surface area contributed by atoms with Crippen molar-refractivity contribution < 1.29 is 14.5 Å². The third-order valence-corrected chi connectivity index (χ3v) is 5.91. The van der Waals surface area contributed by atoms with Gasteiger partial charge in [0.05, 0.1) is 19.6 Å². The summed E-state index contributed by atoms with van der Waals surface area (Å²) in [7, 11) is 4.06. The molecule has 1 saturated carbocycles. The van der Waals surface area contributed by atoms with Crippen LogP contribution in [0, 0.1) is 0 Å². The highest BCUT2D eigenvalue weighted by molar-refractivity contribution is 6.35. The standard InChI is InChI=1S/C21H32N4O2/c1-24(2)18-11-9-16(10-12-18)19(25-13-5-6-14-25)15-22-20(26)21(27)23-17-7-3-4-8-17/h9-12,17,19H,3-8,13-15H2,1-2H3,(H,22,26)(H,23,27)/p+1/t19-/m0/s1. The monoisotopic (exact) mass is 373 g/mol. The molecular weight excluding hydrogens is 340 g/mol. The molecule has 1 saturated heterocycles. The van der Waals surface area contributed by atoms with Crippen molar-refractivity contribution in [2.75, 3.05) is 38.6 Å². The Morgan fingerprint density at radius 1 is 1.04 bits per heavy atom. The van der Waals surface area contributed by atoms with Crippen LogP contribution < -0.4 is 20.4 Å². The minimum absolute atomic E-state index is 0.168. The van der Waals surface area contributed by atoms with Gasteiger partial charge < -0.3 is 20.4 Å². The highest BCUT2D eigenvalue weighted by Gasteiger charge is 2.29. The maximum absolute atomic E-state index is 12.3. The molecule has 3 rings (SSSR count). The second kappa shape index (κ2) is 9.22. The first-order valence-electron chi connectivity index (χ1n) is 10.2. The molecule has 1 atom stereocenters. The molecule has 1 aromatic rings. The number of nitrogens with zero attached hydrogens (tertiary/aromatic N) is 1. The molecule has 148 valence electrons. The van der Waals surface area contributed by atoms with E-state index in [4.69, 9.17) is 0 Å². The van der Waals surface area contributed by atoms with Crippen molar-refractivity contribution in [2.24, 2.45) is 0 Å². The maximum Gasteiger partial charge on any atom is 0.309 e. The van der Waals surface area contributed by atoms with E-state index in [2.05, 4.69) is 39.8 Å². The first kappa shape index (κ1) is 19.7. The Morgan fingerprint density at radius 3 is 2.26 bits per heavy atom. The van der Waals surface area contributed by atoms with Crippen molar-refractivity contribution in [1.82, 2.24) is 10.6 Å². The van der Waals surface area contributed by atoms with Crippen LogP contribution in [0.15, 0.2) is 24.3 Å². The number of hydrogen-bond donors (Lipinski definition) is 3. The zero-order valence-corrected chi connectivity index (χ0v) is 16.6. The Bertz CT molecular complexity index is 632. The number of quaternary nitrogens is 1. The largest absolute Gasteiger partial charge is 0.378 e. The van der Waals surface area contributed by atoms with Gasteiger partial charge in [0, 0.05) is 44.2 Å². The van der Waals surface area contributed by atoms with Gasteiger partial charge in [0.15, 0.2) is 0 Å². The second-order valence-corrected chi connectivity index (χ2v) is 8.07. The lowest BCUT2D eigenvalue weighted by molar-refractivity contribution is -0.918. The van der Waals surface area contributed by atoms with Crippen LogP contribution in [0.5, 0.6) is 0 Å². The number of carbonyl (C=O) groups excluding carboxylic acids is 2. The summed E-state index contributed by atoms with van der Waals surface area (Å²) in [6.45, 7) is 2.72. The van der Waals surface area contributed by atoms with E-state index in [1.807, 2.05) is 14.1 Å². The molecular formula is C21H33N4O2+. The predicted octanol–water partition coefficient (Wildman–Crippen LogP) is 0.647. The average molecular weight is 374 g/mol. The van der Waals surface area contributed by atoms with Crippen LogP contribution in [0.1, 0.15) is 50.1 Å². The number of rotatable bonds is 6. The van der Waals surface area contributed by atoms with Crippen LogP contribution >= 0.6 is 0 Å². The van der Waals surface area contributed by atoms with Crippen molar-refractivity contribution in [1.29, 1.82) is 0 Å². The normalized spacial score (nSPS) is 19.0. The van der Waals surface area contributed by atoms with Crippen LogP contribution in [0.2, 0.25) is 0 Å². The van der Waals surface area contributed by atoms with Gasteiger partial charge in [-0.1, -0.05) is 25.0 Å². The van der Waals surface area contributed by atoms with Crippen LogP contribution in [-0.4, -0.2) is 51.6 Å². The molecule has 2 aliphatic rings. The molecule has 6 nitrogen and oxygen atoms in total. The van der Waals surface area contributed by atoms with Gasteiger partial charge in [-0.05, 0) is 25.0 Å². The predicted molar refractivity (Wildman–Crippen MR) is 107 cm³/mol. The first-order chi connectivity index (χ1) is 13.0. The van der Waals surface area contributed by atoms with Gasteiger partial charge in [-0.2, -0.15) is 0 Å². The molecule has 2 fully saturated rings. The van der Waals surface area contributed by atoms with E-state index in [9.17, 15) is 9.59 Å². The zero-order valence-electron chi connectivity index (χ0n) is 16.6. The van der Waals surface area contributed by atoms with E-state index >= 15 is 0 Å². The molecule has 1 aliphatic carbocycles. The van der Waals surface area contributed by atoms with Crippen molar-refractivity contribution in [3.05, 3.63) is 29.8 Å². The Labute approximate surface area is 162 Å². The zero-order chi connectivity index (χ0) is 19.2. The van der Waals surface area contributed by atoms with Gasteiger partial charge in [0.2, 0.25) is 0 Å². The topological polar surface area (TPSA) is 65.9 Å². The van der Waals surface area contributed by atoms with Crippen molar-refractivity contribution >= 4 is 17.5 Å². The van der Waals surface area contributed by atoms with E-state index in [0.29, 0.717) is 6.54 Å². The second-order valence-electron chi connectivity index (χ2n) is 8.07. The molecule has 0 radical (unpaired) electrons. The Hall–Kier alpha value is -2.08. The van der Waals surface area contributed by atoms with Crippen molar-refractivity contribution in [2.45, 2.75) is 50.6 Å². The Balaban J connectivity index is 1.61. The summed E-state index contributed by atoms with van der Waals surface area (Å²) in [5.41, 5.74) is 2.38. The molecule has 3 N–H and O–H groups in total. The molecule has 2 amide bonds. The molecule has 1 heterocycles. The van der Waals surface area contributed by atoms with Gasteiger partial charge in [-0.25, -0.2) is 0 Å². The third-order valence-electron chi connectivity index (χ3n) is 5.91. The average Bonchev–Trinajstić information content (AvgIpc) is 3.36. The van der Waals surface area contributed by atoms with Gasteiger partial charge >= 0.3 is 11.8 Å². The first-order valence-corrected chi connectivity index (χ1v) is 10.2. The maximum atomic E-state index is 12.3. The summed E-state index contributed by atoms with van der Waals surface area (Å²) in [6, 6.07) is 8.89. The number of likely N-dealkylation sites (tertiary alicyclic amines) is 1. The van der Waals surface area contributed by atoms with Gasteiger partial charge in [0.1, 0.15) is 6.04 Å². The third kappa shape index (κ3) is 5.22. The number of nitrogens with one attached hydrogen (secondary N) is 3. The van der Waals surface area contributed by atoms with E-state index in [0.717, 1.165) is 44.5 Å². The summed E-state index contributed by atoms with van der Waals surface area (Å²) in [5, 5.41) is 5.76. The van der Waals surface area contributed by atoms with Gasteiger partial charge in [0.25, 0.3) is 0 Å². The minimum Gasteiger partial charge on any atom is -0.378 e. The number of hydrogen-bond acceptors (Lipinski definition) is 3. The lowest BCUT2D eigenvalue weighted by Crippen LogP contribution is -3.11. The molecule has 0 spiro atoms. The Kier molecular flexibility index (Phi) is 6.72. The van der Waals surface area contributed by atoms with Crippen LogP contribution in [0.3, 0.4) is 0 Å². The van der Waals surface area contributed by atoms with E-state index in [-0.39, 0.29) is 12.1 Å². The minimum atomic E-state index is -0.504. The quantitative estimate of drug-likeness (QED) is 0.642. The van der Waals surface area contributed by atoms with Gasteiger partial charge in [-0.3, -0.25) is 9.59 Å². The number of anilines is 1. The fourth-order valence-electron chi connectivity index (χ4n) is 4.28. The number of carbonyl (C=O) groups is 2. The lowest BCUT2D eigenvalue weighted by Gasteiger charge is -2.26. The van der Waals surface area contributed by atoms with Crippen LogP contribution in [0.25, 0.3) is 0 Å². The molecule has 6 heteroatoms. The van der Waals surface area contributed by atoms with Crippen LogP contribution in [0.4, 0.5) is 5.69 Å². The highest BCUT2D eigenvalue weighted by atomic mass is 16.2. The van der Waals surface area contributed by atoms with Crippen molar-refractivity contribution in [3.8, 4) is 0 Å². The summed E-state index contributed by atoms with van der Waals surface area (Å²) in [6.07, 6.45) is 6.68. The molecule has 27 heavy (non-hydrogen) atoms. The highest BCUT2D eigenvalue weighted by Crippen LogP contribution is 2.18. The Morgan fingerprint density at radius 2 is 1.67 bits per heavy atom. The number of amides is 2.